The molecule has 2 aromatic heterocycles. The molecule has 6 nitrogen and oxygen atoms in total. The second kappa shape index (κ2) is 7.46. The lowest BCUT2D eigenvalue weighted by atomic mass is 9.73. The van der Waals surface area contributed by atoms with Crippen LogP contribution >= 0.6 is 11.3 Å². The Balaban J connectivity index is 1.43. The van der Waals surface area contributed by atoms with Crippen molar-refractivity contribution in [1.29, 1.82) is 0 Å². The standard InChI is InChI=1S/C20H26N4O2S/c1-15-3-4-17(27-15)19(26)24-9-2-7-20(13-24)8-5-18(25)23(12-20)10-6-16-11-21-14-22-16/h3-4,11,14H,2,5-10,12-13H2,1H3,(H,21,22)/t20-/m0/s1. The van der Waals surface area contributed by atoms with Crippen LogP contribution in [0.5, 0.6) is 0 Å². The van der Waals surface area contributed by atoms with Crippen LogP contribution in [-0.4, -0.2) is 57.8 Å². The topological polar surface area (TPSA) is 69.3 Å². The molecule has 0 bridgehead atoms. The van der Waals surface area contributed by atoms with Crippen molar-refractivity contribution in [3.8, 4) is 0 Å². The summed E-state index contributed by atoms with van der Waals surface area (Å²) < 4.78 is 0. The third-order valence-corrected chi connectivity index (χ3v) is 6.84. The van der Waals surface area contributed by atoms with Crippen LogP contribution in [0.4, 0.5) is 0 Å². The number of aromatic nitrogens is 2. The zero-order valence-corrected chi connectivity index (χ0v) is 16.6. The van der Waals surface area contributed by atoms with Crippen LogP contribution in [0.15, 0.2) is 24.7 Å². The molecule has 144 valence electrons. The first-order valence-electron chi connectivity index (χ1n) is 9.65. The Labute approximate surface area is 163 Å². The van der Waals surface area contributed by atoms with E-state index in [4.69, 9.17) is 0 Å². The number of nitrogens with one attached hydrogen (secondary N) is 1. The summed E-state index contributed by atoms with van der Waals surface area (Å²) in [5.41, 5.74) is 1.10. The maximum Gasteiger partial charge on any atom is 0.263 e. The molecule has 27 heavy (non-hydrogen) atoms. The van der Waals surface area contributed by atoms with Gasteiger partial charge in [0, 0.05) is 61.2 Å². The number of hydrogen-bond acceptors (Lipinski definition) is 4. The third kappa shape index (κ3) is 3.93. The van der Waals surface area contributed by atoms with Gasteiger partial charge in [-0.3, -0.25) is 9.59 Å². The molecule has 2 aliphatic heterocycles. The van der Waals surface area contributed by atoms with Crippen molar-refractivity contribution in [3.63, 3.8) is 0 Å². The highest BCUT2D eigenvalue weighted by Crippen LogP contribution is 2.39. The average molecular weight is 387 g/mol. The van der Waals surface area contributed by atoms with E-state index < -0.39 is 0 Å². The molecular weight excluding hydrogens is 360 g/mol. The molecule has 4 rings (SSSR count). The molecule has 2 fully saturated rings. The number of piperidine rings is 2. The van der Waals surface area contributed by atoms with Gasteiger partial charge in [0.1, 0.15) is 0 Å². The molecule has 2 aromatic rings. The highest BCUT2D eigenvalue weighted by molar-refractivity contribution is 7.13. The minimum absolute atomic E-state index is 0.0438. The number of H-pyrrole nitrogens is 1. The van der Waals surface area contributed by atoms with Crippen molar-refractivity contribution >= 4 is 23.2 Å². The van der Waals surface area contributed by atoms with E-state index in [2.05, 4.69) is 9.97 Å². The summed E-state index contributed by atoms with van der Waals surface area (Å²) in [5.74, 6) is 0.380. The Bertz CT molecular complexity index is 816. The van der Waals surface area contributed by atoms with Crippen LogP contribution in [0.25, 0.3) is 0 Å². The fourth-order valence-electron chi connectivity index (χ4n) is 4.40. The van der Waals surface area contributed by atoms with Gasteiger partial charge in [-0.1, -0.05) is 0 Å². The van der Waals surface area contributed by atoms with Gasteiger partial charge < -0.3 is 14.8 Å². The van der Waals surface area contributed by atoms with Crippen LogP contribution in [0.3, 0.4) is 0 Å². The fourth-order valence-corrected chi connectivity index (χ4v) is 5.24. The molecule has 0 aromatic carbocycles. The summed E-state index contributed by atoms with van der Waals surface area (Å²) in [4.78, 5) is 38.5. The maximum absolute atomic E-state index is 12.9. The van der Waals surface area contributed by atoms with Crippen LogP contribution in [0, 0.1) is 12.3 Å². The lowest BCUT2D eigenvalue weighted by molar-refractivity contribution is -0.138. The van der Waals surface area contributed by atoms with E-state index in [0.717, 1.165) is 55.9 Å². The van der Waals surface area contributed by atoms with Crippen molar-refractivity contribution in [2.24, 2.45) is 5.41 Å². The summed E-state index contributed by atoms with van der Waals surface area (Å²) >= 11 is 1.57. The highest BCUT2D eigenvalue weighted by Gasteiger charge is 2.42. The summed E-state index contributed by atoms with van der Waals surface area (Å²) in [6.45, 7) is 5.08. The molecule has 1 N–H and O–H groups in total. The predicted molar refractivity (Wildman–Crippen MR) is 105 cm³/mol. The number of amides is 2. The number of rotatable bonds is 4. The molecular formula is C20H26N4O2S. The van der Waals surface area contributed by atoms with E-state index in [1.165, 1.54) is 4.88 Å². The molecule has 0 aliphatic carbocycles. The van der Waals surface area contributed by atoms with Crippen LogP contribution < -0.4 is 0 Å². The van der Waals surface area contributed by atoms with E-state index in [0.29, 0.717) is 13.0 Å². The van der Waals surface area contributed by atoms with Crippen molar-refractivity contribution in [2.75, 3.05) is 26.2 Å². The Kier molecular flexibility index (Phi) is 5.04. The maximum atomic E-state index is 12.9. The van der Waals surface area contributed by atoms with Gasteiger partial charge in [0.25, 0.3) is 5.91 Å². The van der Waals surface area contributed by atoms with E-state index in [1.54, 1.807) is 17.7 Å². The van der Waals surface area contributed by atoms with Crippen LogP contribution in [0.1, 0.15) is 45.9 Å². The van der Waals surface area contributed by atoms with Gasteiger partial charge in [0.05, 0.1) is 11.2 Å². The summed E-state index contributed by atoms with van der Waals surface area (Å²) in [5, 5.41) is 0. The largest absolute Gasteiger partial charge is 0.348 e. The van der Waals surface area contributed by atoms with Gasteiger partial charge in [-0.05, 0) is 38.3 Å². The summed E-state index contributed by atoms with van der Waals surface area (Å²) in [7, 11) is 0. The van der Waals surface area contributed by atoms with Gasteiger partial charge in [-0.25, -0.2) is 4.98 Å². The monoisotopic (exact) mass is 386 g/mol. The SMILES string of the molecule is Cc1ccc(C(=O)N2CCC[C@@]3(CCC(=O)N(CCc4cnc[nH]4)C3)C2)s1. The Hall–Kier alpha value is -2.15. The lowest BCUT2D eigenvalue weighted by Crippen LogP contribution is -2.55. The molecule has 4 heterocycles. The number of aryl methyl sites for hydroxylation is 1. The van der Waals surface area contributed by atoms with Gasteiger partial charge >= 0.3 is 0 Å². The molecule has 7 heteroatoms. The van der Waals surface area contributed by atoms with Gasteiger partial charge in [-0.2, -0.15) is 0 Å². The molecule has 2 aliphatic rings. The molecule has 1 atom stereocenters. The van der Waals surface area contributed by atoms with E-state index in [1.807, 2.05) is 35.1 Å². The molecule has 2 saturated heterocycles. The van der Waals surface area contributed by atoms with E-state index in [-0.39, 0.29) is 17.2 Å². The van der Waals surface area contributed by atoms with Gasteiger partial charge in [0.15, 0.2) is 0 Å². The third-order valence-electron chi connectivity index (χ3n) is 5.85. The van der Waals surface area contributed by atoms with Crippen molar-refractivity contribution in [3.05, 3.63) is 40.1 Å². The van der Waals surface area contributed by atoms with Crippen molar-refractivity contribution < 1.29 is 9.59 Å². The molecule has 0 saturated carbocycles. The number of carbonyl (C=O) groups is 2. The normalized spacial score (nSPS) is 23.2. The molecule has 1 spiro atoms. The second-order valence-electron chi connectivity index (χ2n) is 7.88. The minimum Gasteiger partial charge on any atom is -0.348 e. The lowest BCUT2D eigenvalue weighted by Gasteiger charge is -2.48. The first-order chi connectivity index (χ1) is 13.0. The number of hydrogen-bond donors (Lipinski definition) is 1. The number of nitrogens with zero attached hydrogens (tertiary/aromatic N) is 3. The van der Waals surface area contributed by atoms with Crippen LogP contribution in [0.2, 0.25) is 0 Å². The van der Waals surface area contributed by atoms with Gasteiger partial charge in [0.2, 0.25) is 5.91 Å². The first kappa shape index (κ1) is 18.2. The highest BCUT2D eigenvalue weighted by atomic mass is 32.1. The second-order valence-corrected chi connectivity index (χ2v) is 9.17. The number of carbonyl (C=O) groups excluding carboxylic acids is 2. The number of thiophene rings is 1. The smallest absolute Gasteiger partial charge is 0.263 e. The molecule has 2 amide bonds. The Morgan fingerprint density at radius 1 is 1.33 bits per heavy atom. The number of aromatic amines is 1. The molecule has 0 radical (unpaired) electrons. The Morgan fingerprint density at radius 3 is 2.96 bits per heavy atom. The quantitative estimate of drug-likeness (QED) is 0.878. The summed E-state index contributed by atoms with van der Waals surface area (Å²) in [6.07, 6.45) is 7.86. The minimum atomic E-state index is 0.0438. The van der Waals surface area contributed by atoms with Crippen LogP contribution in [-0.2, 0) is 11.2 Å². The van der Waals surface area contributed by atoms with Crippen molar-refractivity contribution in [1.82, 2.24) is 19.8 Å². The van der Waals surface area contributed by atoms with E-state index >= 15 is 0 Å². The molecule has 0 unspecified atom stereocenters. The van der Waals surface area contributed by atoms with Crippen molar-refractivity contribution in [2.45, 2.75) is 39.0 Å². The Morgan fingerprint density at radius 2 is 2.22 bits per heavy atom. The van der Waals surface area contributed by atoms with Gasteiger partial charge in [-0.15, -0.1) is 11.3 Å². The van der Waals surface area contributed by atoms with E-state index in [9.17, 15) is 9.59 Å². The summed E-state index contributed by atoms with van der Waals surface area (Å²) in [6, 6.07) is 3.94. The predicted octanol–water partition coefficient (Wildman–Crippen LogP) is 2.87. The zero-order chi connectivity index (χ0) is 18.9. The first-order valence-corrected chi connectivity index (χ1v) is 10.5. The zero-order valence-electron chi connectivity index (χ0n) is 15.7. The number of imidazole rings is 1. The number of likely N-dealkylation sites (tertiary alicyclic amines) is 2. The average Bonchev–Trinajstić information content (AvgIpc) is 3.34. The fraction of sp³-hybridized carbons (Fsp3) is 0.550.